The van der Waals surface area contributed by atoms with Crippen LogP contribution in [0.4, 0.5) is 4.79 Å². The molecule has 0 aromatic heterocycles. The van der Waals surface area contributed by atoms with E-state index in [-0.39, 0.29) is 6.09 Å². The maximum atomic E-state index is 11.8. The largest absolute Gasteiger partial charge is 0.445 e. The number of benzene rings is 2. The van der Waals surface area contributed by atoms with Gasteiger partial charge in [-0.3, -0.25) is 0 Å². The number of carbonyl (C=O) groups is 1. The van der Waals surface area contributed by atoms with Crippen LogP contribution in [0.1, 0.15) is 35.4 Å². The number of nitrogens with one attached hydrogen (secondary N) is 2. The summed E-state index contributed by atoms with van der Waals surface area (Å²) < 4.78 is 5.23. The zero-order valence-corrected chi connectivity index (χ0v) is 14.5. The minimum Gasteiger partial charge on any atom is -0.445 e. The monoisotopic (exact) mass is 338 g/mol. The zero-order chi connectivity index (χ0) is 17.3. The summed E-state index contributed by atoms with van der Waals surface area (Å²) >= 11 is 0. The van der Waals surface area contributed by atoms with Gasteiger partial charge in [0.25, 0.3) is 0 Å². The molecule has 4 nitrogen and oxygen atoms in total. The lowest BCUT2D eigenvalue weighted by Crippen LogP contribution is -2.27. The molecule has 1 saturated heterocycles. The molecule has 1 aliphatic heterocycles. The quantitative estimate of drug-likeness (QED) is 0.846. The molecule has 1 amide bonds. The van der Waals surface area contributed by atoms with Crippen LogP contribution in [0.15, 0.2) is 54.6 Å². The third-order valence-corrected chi connectivity index (χ3v) is 4.66. The Bertz CT molecular complexity index is 667. The number of hydrogen-bond donors (Lipinski definition) is 2. The van der Waals surface area contributed by atoms with E-state index in [2.05, 4.69) is 34.9 Å². The molecule has 0 saturated carbocycles. The fourth-order valence-electron chi connectivity index (χ4n) is 3.24. The maximum Gasteiger partial charge on any atom is 0.407 e. The molecule has 0 aliphatic carbocycles. The van der Waals surface area contributed by atoms with Gasteiger partial charge in [0.1, 0.15) is 6.61 Å². The van der Waals surface area contributed by atoms with Gasteiger partial charge < -0.3 is 15.4 Å². The van der Waals surface area contributed by atoms with E-state index in [1.54, 1.807) is 0 Å². The van der Waals surface area contributed by atoms with Crippen molar-refractivity contribution in [2.75, 3.05) is 19.6 Å². The van der Waals surface area contributed by atoms with Crippen LogP contribution in [0.2, 0.25) is 0 Å². The lowest BCUT2D eigenvalue weighted by molar-refractivity contribution is 0.140. The van der Waals surface area contributed by atoms with E-state index >= 15 is 0 Å². The predicted molar refractivity (Wildman–Crippen MR) is 99.6 cm³/mol. The smallest absolute Gasteiger partial charge is 0.407 e. The second-order valence-electron chi connectivity index (χ2n) is 6.51. The van der Waals surface area contributed by atoms with Crippen LogP contribution in [0.3, 0.4) is 0 Å². The minimum absolute atomic E-state index is 0.303. The predicted octanol–water partition coefficient (Wildman–Crippen LogP) is 3.62. The number of amides is 1. The molecule has 0 unspecified atom stereocenters. The van der Waals surface area contributed by atoms with E-state index in [0.29, 0.717) is 19.1 Å². The molecule has 4 heteroatoms. The molecule has 132 valence electrons. The van der Waals surface area contributed by atoms with Crippen molar-refractivity contribution in [3.63, 3.8) is 0 Å². The Morgan fingerprint density at radius 2 is 1.80 bits per heavy atom. The molecule has 0 spiro atoms. The topological polar surface area (TPSA) is 50.4 Å². The third kappa shape index (κ3) is 5.61. The van der Waals surface area contributed by atoms with Gasteiger partial charge in [-0.15, -0.1) is 0 Å². The first-order chi connectivity index (χ1) is 12.3. The summed E-state index contributed by atoms with van der Waals surface area (Å²) in [5.74, 6) is 0.657. The van der Waals surface area contributed by atoms with Gasteiger partial charge in [-0.25, -0.2) is 4.79 Å². The molecule has 2 N–H and O–H groups in total. The van der Waals surface area contributed by atoms with Gasteiger partial charge in [0.05, 0.1) is 0 Å². The highest BCUT2D eigenvalue weighted by molar-refractivity contribution is 5.67. The second kappa shape index (κ2) is 9.23. The van der Waals surface area contributed by atoms with E-state index in [0.717, 1.165) is 25.1 Å². The molecule has 1 aliphatic rings. The number of rotatable bonds is 6. The summed E-state index contributed by atoms with van der Waals surface area (Å²) in [6, 6.07) is 18.5. The van der Waals surface area contributed by atoms with Gasteiger partial charge in [-0.2, -0.15) is 0 Å². The first kappa shape index (κ1) is 17.5. The van der Waals surface area contributed by atoms with Crippen LogP contribution in [-0.2, 0) is 17.8 Å². The van der Waals surface area contributed by atoms with Gasteiger partial charge in [0.15, 0.2) is 0 Å². The molecule has 0 atom stereocenters. The van der Waals surface area contributed by atoms with Crippen molar-refractivity contribution in [2.24, 2.45) is 0 Å². The molecule has 1 heterocycles. The number of carbonyl (C=O) groups excluding carboxylic acids is 1. The highest BCUT2D eigenvalue weighted by Gasteiger charge is 2.15. The second-order valence-corrected chi connectivity index (χ2v) is 6.51. The first-order valence-electron chi connectivity index (χ1n) is 9.05. The van der Waals surface area contributed by atoms with Gasteiger partial charge in [0, 0.05) is 6.54 Å². The third-order valence-electron chi connectivity index (χ3n) is 4.66. The van der Waals surface area contributed by atoms with Crippen LogP contribution < -0.4 is 10.6 Å². The van der Waals surface area contributed by atoms with Crippen LogP contribution in [0, 0.1) is 0 Å². The van der Waals surface area contributed by atoms with Gasteiger partial charge in [-0.05, 0) is 55.0 Å². The normalized spacial score (nSPS) is 14.9. The molecular formula is C21H26N2O2. The van der Waals surface area contributed by atoms with Crippen molar-refractivity contribution < 1.29 is 9.53 Å². The van der Waals surface area contributed by atoms with Crippen LogP contribution in [0.5, 0.6) is 0 Å². The number of ether oxygens (including phenoxy) is 1. The maximum absolute atomic E-state index is 11.8. The Hall–Kier alpha value is -2.33. The van der Waals surface area contributed by atoms with Crippen molar-refractivity contribution in [1.29, 1.82) is 0 Å². The first-order valence-corrected chi connectivity index (χ1v) is 9.05. The van der Waals surface area contributed by atoms with E-state index in [4.69, 9.17) is 4.74 Å². The average molecular weight is 338 g/mol. The highest BCUT2D eigenvalue weighted by atomic mass is 16.5. The molecule has 0 radical (unpaired) electrons. The average Bonchev–Trinajstić information content (AvgIpc) is 2.68. The fourth-order valence-corrected chi connectivity index (χ4v) is 3.24. The SMILES string of the molecule is O=C(NCCc1cccc(C2CCNCC2)c1)OCc1ccccc1. The van der Waals surface area contributed by atoms with Crippen LogP contribution in [0.25, 0.3) is 0 Å². The fraction of sp³-hybridized carbons (Fsp3) is 0.381. The molecule has 3 rings (SSSR count). The Kier molecular flexibility index (Phi) is 6.46. The van der Waals surface area contributed by atoms with E-state index in [1.165, 1.54) is 24.0 Å². The van der Waals surface area contributed by atoms with Gasteiger partial charge >= 0.3 is 6.09 Å². The lowest BCUT2D eigenvalue weighted by atomic mass is 9.89. The summed E-state index contributed by atoms with van der Waals surface area (Å²) in [6.07, 6.45) is 2.86. The zero-order valence-electron chi connectivity index (χ0n) is 14.5. The van der Waals surface area contributed by atoms with Crippen LogP contribution in [-0.4, -0.2) is 25.7 Å². The van der Waals surface area contributed by atoms with Crippen LogP contribution >= 0.6 is 0 Å². The summed E-state index contributed by atoms with van der Waals surface area (Å²) in [7, 11) is 0. The Morgan fingerprint density at radius 1 is 1.04 bits per heavy atom. The number of alkyl carbamates (subject to hydrolysis) is 1. The number of hydrogen-bond acceptors (Lipinski definition) is 3. The molecule has 2 aromatic rings. The van der Waals surface area contributed by atoms with Crippen molar-refractivity contribution in [2.45, 2.75) is 31.8 Å². The van der Waals surface area contributed by atoms with E-state index in [9.17, 15) is 4.79 Å². The molecule has 25 heavy (non-hydrogen) atoms. The summed E-state index contributed by atoms with van der Waals surface area (Å²) in [4.78, 5) is 11.8. The highest BCUT2D eigenvalue weighted by Crippen LogP contribution is 2.25. The molecular weight excluding hydrogens is 312 g/mol. The molecule has 2 aromatic carbocycles. The van der Waals surface area contributed by atoms with Gasteiger partial charge in [-0.1, -0.05) is 54.6 Å². The van der Waals surface area contributed by atoms with Crippen molar-refractivity contribution >= 4 is 6.09 Å². The Labute approximate surface area is 149 Å². The van der Waals surface area contributed by atoms with E-state index in [1.807, 2.05) is 30.3 Å². The molecule has 1 fully saturated rings. The standard InChI is InChI=1S/C21H26N2O2/c24-21(25-16-18-5-2-1-3-6-18)23-14-9-17-7-4-8-20(15-17)19-10-12-22-13-11-19/h1-8,15,19,22H,9-14,16H2,(H,23,24). The minimum atomic E-state index is -0.363. The Morgan fingerprint density at radius 3 is 2.60 bits per heavy atom. The summed E-state index contributed by atoms with van der Waals surface area (Å²) in [5.41, 5.74) is 3.68. The van der Waals surface area contributed by atoms with E-state index < -0.39 is 0 Å². The van der Waals surface area contributed by atoms with Crippen molar-refractivity contribution in [1.82, 2.24) is 10.6 Å². The summed E-state index contributed by atoms with van der Waals surface area (Å²) in [6.45, 7) is 3.09. The lowest BCUT2D eigenvalue weighted by Gasteiger charge is -2.23. The summed E-state index contributed by atoms with van der Waals surface area (Å²) in [5, 5.41) is 6.24. The molecule has 0 bridgehead atoms. The van der Waals surface area contributed by atoms with Gasteiger partial charge in [0.2, 0.25) is 0 Å². The van der Waals surface area contributed by atoms with Crippen molar-refractivity contribution in [3.8, 4) is 0 Å². The number of piperidine rings is 1. The Balaban J connectivity index is 1.41. The van der Waals surface area contributed by atoms with Crippen molar-refractivity contribution in [3.05, 3.63) is 71.3 Å².